The number of amidine groups is 1. The Labute approximate surface area is 250 Å². The van der Waals surface area contributed by atoms with Crippen LogP contribution in [0.5, 0.6) is 11.5 Å². The van der Waals surface area contributed by atoms with E-state index in [-0.39, 0.29) is 0 Å². The van der Waals surface area contributed by atoms with Crippen molar-refractivity contribution in [3.05, 3.63) is 29.7 Å². The third-order valence-corrected chi connectivity index (χ3v) is 8.47. The number of anilines is 2. The van der Waals surface area contributed by atoms with E-state index in [4.69, 9.17) is 33.3 Å². The smallest absolute Gasteiger partial charge is 0.229 e. The second-order valence-electron chi connectivity index (χ2n) is 11.0. The maximum atomic E-state index is 6.68. The van der Waals surface area contributed by atoms with Crippen LogP contribution in [0.4, 0.5) is 17.6 Å². The maximum absolute atomic E-state index is 6.68. The predicted octanol–water partition coefficient (Wildman–Crippen LogP) is 2.10. The van der Waals surface area contributed by atoms with Gasteiger partial charge in [-0.05, 0) is 13.0 Å². The fourth-order valence-corrected chi connectivity index (χ4v) is 6.24. The van der Waals surface area contributed by atoms with Gasteiger partial charge < -0.3 is 49.0 Å². The van der Waals surface area contributed by atoms with Gasteiger partial charge in [0.1, 0.15) is 11.6 Å². The highest BCUT2D eigenvalue weighted by molar-refractivity contribution is 6.12. The average molecular weight is 590 g/mol. The van der Waals surface area contributed by atoms with Crippen molar-refractivity contribution in [3.8, 4) is 11.5 Å². The number of ether oxygens (including phenoxy) is 2. The molecule has 7 rings (SSSR count). The number of nitrogens with zero attached hydrogens (tertiary/aromatic N) is 6. The van der Waals surface area contributed by atoms with E-state index < -0.39 is 0 Å². The first kappa shape index (κ1) is 27.7. The fourth-order valence-electron chi connectivity index (χ4n) is 6.24. The summed E-state index contributed by atoms with van der Waals surface area (Å²) in [5.41, 5.74) is 2.08. The van der Waals surface area contributed by atoms with Gasteiger partial charge in [0.05, 0.1) is 31.3 Å². The molecule has 0 amide bonds. The molecule has 228 valence electrons. The van der Waals surface area contributed by atoms with E-state index in [1.807, 2.05) is 19.1 Å². The van der Waals surface area contributed by atoms with Gasteiger partial charge in [-0.3, -0.25) is 0 Å². The van der Waals surface area contributed by atoms with Crippen molar-refractivity contribution in [3.63, 3.8) is 0 Å². The van der Waals surface area contributed by atoms with E-state index in [2.05, 4.69) is 30.7 Å². The number of furan rings is 2. The topological polar surface area (TPSA) is 129 Å². The molecule has 0 atom stereocenters. The molecule has 3 fully saturated rings. The van der Waals surface area contributed by atoms with Crippen LogP contribution in [0.2, 0.25) is 0 Å². The summed E-state index contributed by atoms with van der Waals surface area (Å²) in [6.07, 6.45) is 1.64. The Morgan fingerprint density at radius 1 is 0.837 bits per heavy atom. The van der Waals surface area contributed by atoms with Crippen molar-refractivity contribution in [2.75, 3.05) is 103 Å². The summed E-state index contributed by atoms with van der Waals surface area (Å²) >= 11 is 0. The van der Waals surface area contributed by atoms with Gasteiger partial charge in [0.2, 0.25) is 11.7 Å². The van der Waals surface area contributed by atoms with Crippen LogP contribution < -0.4 is 35.2 Å². The lowest BCUT2D eigenvalue weighted by Crippen LogP contribution is -2.47. The van der Waals surface area contributed by atoms with Gasteiger partial charge in [0.25, 0.3) is 0 Å². The average Bonchev–Trinajstić information content (AvgIpc) is 3.69. The number of aryl methyl sites for hydroxylation is 1. The number of rotatable bonds is 6. The molecular weight excluding hydrogens is 550 g/mol. The molecule has 0 spiro atoms. The number of aromatic nitrogens is 2. The first-order valence-corrected chi connectivity index (χ1v) is 15.1. The molecule has 3 aliphatic rings. The number of hydrogen-bond donors (Lipinski definition) is 3. The molecule has 4 aromatic rings. The van der Waals surface area contributed by atoms with Crippen LogP contribution in [0.3, 0.4) is 0 Å². The standard InChI is InChI=1S/C30H39N9O4/c1-19-23-25(40-2)20-4-17-42-26(20)28(41-3)27(23)43-24(19)29(38-13-7-32-8-14-38)34-21-18-22(37-11-5-31-6-12-37)36-30(35-21)39-15-9-33-10-16-39/h4,17-18,31-33H,5-16H2,1-3H3. The lowest BCUT2D eigenvalue weighted by molar-refractivity contribution is 0.352. The lowest BCUT2D eigenvalue weighted by Gasteiger charge is -2.32. The Bertz CT molecular complexity index is 1590. The highest BCUT2D eigenvalue weighted by Gasteiger charge is 2.30. The van der Waals surface area contributed by atoms with E-state index in [1.54, 1.807) is 20.5 Å². The number of methoxy groups -OCH3 is 2. The van der Waals surface area contributed by atoms with Crippen molar-refractivity contribution < 1.29 is 18.3 Å². The van der Waals surface area contributed by atoms with E-state index in [1.165, 1.54) is 0 Å². The number of fused-ring (bicyclic) bond motifs is 2. The second kappa shape index (κ2) is 11.9. The van der Waals surface area contributed by atoms with Gasteiger partial charge in [0, 0.05) is 90.2 Å². The van der Waals surface area contributed by atoms with Crippen LogP contribution >= 0.6 is 0 Å². The molecule has 3 saturated heterocycles. The first-order valence-electron chi connectivity index (χ1n) is 15.1. The lowest BCUT2D eigenvalue weighted by atomic mass is 10.1. The van der Waals surface area contributed by atoms with Crippen molar-refractivity contribution in [1.29, 1.82) is 0 Å². The summed E-state index contributed by atoms with van der Waals surface area (Å²) in [4.78, 5) is 22.1. The Morgan fingerprint density at radius 2 is 1.49 bits per heavy atom. The molecule has 6 heterocycles. The zero-order valence-electron chi connectivity index (χ0n) is 25.0. The second-order valence-corrected chi connectivity index (χ2v) is 11.0. The summed E-state index contributed by atoms with van der Waals surface area (Å²) in [6.45, 7) is 12.4. The Morgan fingerprint density at radius 3 is 2.16 bits per heavy atom. The van der Waals surface area contributed by atoms with Crippen LogP contribution in [0.15, 0.2) is 32.2 Å². The van der Waals surface area contributed by atoms with Crippen molar-refractivity contribution >= 4 is 45.4 Å². The summed E-state index contributed by atoms with van der Waals surface area (Å²) in [5.74, 6) is 4.83. The van der Waals surface area contributed by atoms with E-state index >= 15 is 0 Å². The van der Waals surface area contributed by atoms with Crippen LogP contribution in [0.25, 0.3) is 21.9 Å². The molecule has 3 aliphatic heterocycles. The third kappa shape index (κ3) is 5.11. The van der Waals surface area contributed by atoms with Gasteiger partial charge in [-0.1, -0.05) is 0 Å². The number of hydrogen-bond acceptors (Lipinski definition) is 12. The molecule has 3 aromatic heterocycles. The quantitative estimate of drug-likeness (QED) is 0.225. The van der Waals surface area contributed by atoms with Crippen LogP contribution in [0, 0.1) is 6.92 Å². The SMILES string of the molecule is COc1c2occc2c(OC)c2c(C)c(C(=Nc3cc(N4CCNCC4)nc(N4CCNCC4)n3)N3CCNCC3)oc12. The zero-order chi connectivity index (χ0) is 29.3. The molecule has 0 aliphatic carbocycles. The summed E-state index contributed by atoms with van der Waals surface area (Å²) in [7, 11) is 3.30. The molecular formula is C30H39N9O4. The molecule has 0 radical (unpaired) electrons. The molecule has 0 unspecified atom stereocenters. The Hall–Kier alpha value is -4.07. The minimum Gasteiger partial charge on any atom is -0.495 e. The van der Waals surface area contributed by atoms with Gasteiger partial charge in [-0.15, -0.1) is 0 Å². The minimum absolute atomic E-state index is 0.536. The minimum atomic E-state index is 0.536. The molecule has 13 nitrogen and oxygen atoms in total. The molecule has 43 heavy (non-hydrogen) atoms. The first-order chi connectivity index (χ1) is 21.2. The predicted molar refractivity (Wildman–Crippen MR) is 167 cm³/mol. The fraction of sp³-hybridized carbons (Fsp3) is 0.500. The highest BCUT2D eigenvalue weighted by atomic mass is 16.5. The van der Waals surface area contributed by atoms with Gasteiger partial charge in [-0.2, -0.15) is 9.97 Å². The molecule has 3 N–H and O–H groups in total. The number of benzene rings is 1. The maximum Gasteiger partial charge on any atom is 0.229 e. The Kier molecular flexibility index (Phi) is 7.68. The van der Waals surface area contributed by atoms with Crippen LogP contribution in [-0.2, 0) is 0 Å². The van der Waals surface area contributed by atoms with E-state index in [0.29, 0.717) is 40.2 Å². The van der Waals surface area contributed by atoms with Crippen LogP contribution in [-0.4, -0.2) is 113 Å². The monoisotopic (exact) mass is 589 g/mol. The third-order valence-electron chi connectivity index (χ3n) is 8.47. The van der Waals surface area contributed by atoms with E-state index in [0.717, 1.165) is 107 Å². The van der Waals surface area contributed by atoms with Gasteiger partial charge >= 0.3 is 0 Å². The highest BCUT2D eigenvalue weighted by Crippen LogP contribution is 2.46. The Balaban J connectivity index is 1.41. The van der Waals surface area contributed by atoms with Crippen molar-refractivity contribution in [2.24, 2.45) is 4.99 Å². The zero-order valence-corrected chi connectivity index (χ0v) is 25.0. The number of piperazine rings is 3. The summed E-state index contributed by atoms with van der Waals surface area (Å²) in [6, 6.07) is 3.90. The number of nitrogens with one attached hydrogen (secondary N) is 3. The molecule has 1 aromatic carbocycles. The molecule has 0 saturated carbocycles. The largest absolute Gasteiger partial charge is 0.495 e. The molecule has 13 heteroatoms. The number of aliphatic imine (C=N–C) groups is 1. The van der Waals surface area contributed by atoms with Crippen molar-refractivity contribution in [2.45, 2.75) is 6.92 Å². The van der Waals surface area contributed by atoms with Crippen LogP contribution in [0.1, 0.15) is 11.3 Å². The summed E-state index contributed by atoms with van der Waals surface area (Å²) < 4.78 is 24.2. The van der Waals surface area contributed by atoms with Gasteiger partial charge in [0.15, 0.2) is 28.6 Å². The van der Waals surface area contributed by atoms with Crippen molar-refractivity contribution in [1.82, 2.24) is 30.8 Å². The normalized spacial score (nSPS) is 18.6. The van der Waals surface area contributed by atoms with E-state index in [9.17, 15) is 0 Å². The molecule has 0 bridgehead atoms. The van der Waals surface area contributed by atoms with Gasteiger partial charge in [-0.25, -0.2) is 4.99 Å². The summed E-state index contributed by atoms with van der Waals surface area (Å²) in [5, 5.41) is 12.0.